The average Bonchev–Trinajstić information content (AvgIpc) is 3.37. The zero-order valence-electron chi connectivity index (χ0n) is 15.7. The highest BCUT2D eigenvalue weighted by molar-refractivity contribution is 5.64. The highest BCUT2D eigenvalue weighted by Crippen LogP contribution is 2.31. The van der Waals surface area contributed by atoms with Crippen LogP contribution >= 0.6 is 0 Å². The number of hydrogen-bond acceptors (Lipinski definition) is 6. The fourth-order valence-corrected chi connectivity index (χ4v) is 4.44. The summed E-state index contributed by atoms with van der Waals surface area (Å²) in [5, 5.41) is 19.1. The van der Waals surface area contributed by atoms with Crippen molar-refractivity contribution in [3.05, 3.63) is 47.0 Å². The normalized spacial score (nSPS) is 23.7. The van der Waals surface area contributed by atoms with E-state index in [0.717, 1.165) is 24.2 Å². The second-order valence-corrected chi connectivity index (χ2v) is 7.75. The number of fused-ring (bicyclic) bond motifs is 2. The molecule has 3 aromatic heterocycles. The molecular weight excluding hydrogens is 354 g/mol. The molecule has 144 valence electrons. The molecule has 0 unspecified atom stereocenters. The summed E-state index contributed by atoms with van der Waals surface area (Å²) in [6.07, 6.45) is 8.19. The van der Waals surface area contributed by atoms with Crippen molar-refractivity contribution in [3.8, 4) is 22.5 Å². The number of pyridine rings is 1. The van der Waals surface area contributed by atoms with Crippen LogP contribution in [0.3, 0.4) is 0 Å². The van der Waals surface area contributed by atoms with Gasteiger partial charge in [-0.15, -0.1) is 10.2 Å². The Morgan fingerprint density at radius 3 is 2.54 bits per heavy atom. The minimum absolute atomic E-state index is 0.174. The molecule has 2 bridgehead atoms. The minimum Gasteiger partial charge on any atom is -0.355 e. The Morgan fingerprint density at radius 2 is 1.89 bits per heavy atom. The Bertz CT molecular complexity index is 1000. The fourth-order valence-electron chi connectivity index (χ4n) is 4.44. The summed E-state index contributed by atoms with van der Waals surface area (Å²) in [5.41, 5.74) is 2.46. The van der Waals surface area contributed by atoms with Gasteiger partial charge in [-0.3, -0.25) is 9.89 Å². The van der Waals surface area contributed by atoms with Crippen LogP contribution in [0.1, 0.15) is 25.7 Å². The highest BCUT2D eigenvalue weighted by Gasteiger charge is 2.35. The molecule has 0 aliphatic carbocycles. The first-order chi connectivity index (χ1) is 13.7. The fraction of sp³-hybridized carbons (Fsp3) is 0.400. The maximum absolute atomic E-state index is 12.4. The van der Waals surface area contributed by atoms with Gasteiger partial charge in [-0.25, -0.2) is 0 Å². The lowest BCUT2D eigenvalue weighted by atomic mass is 9.98. The second kappa shape index (κ2) is 6.87. The predicted octanol–water partition coefficient (Wildman–Crippen LogP) is 1.94. The number of anilines is 1. The van der Waals surface area contributed by atoms with Crippen molar-refractivity contribution in [2.45, 2.75) is 43.8 Å². The van der Waals surface area contributed by atoms with Gasteiger partial charge in [0.1, 0.15) is 5.69 Å². The zero-order chi connectivity index (χ0) is 19.1. The molecular formula is C20H23N7O. The Labute approximate surface area is 162 Å². The van der Waals surface area contributed by atoms with Crippen molar-refractivity contribution in [2.75, 3.05) is 11.9 Å². The number of aromatic nitrogens is 5. The maximum Gasteiger partial charge on any atom is 0.256 e. The molecule has 2 fully saturated rings. The molecule has 3 atom stereocenters. The van der Waals surface area contributed by atoms with Crippen molar-refractivity contribution < 1.29 is 0 Å². The van der Waals surface area contributed by atoms with Crippen LogP contribution in [0.5, 0.6) is 0 Å². The van der Waals surface area contributed by atoms with E-state index in [2.05, 4.69) is 42.6 Å². The van der Waals surface area contributed by atoms with Gasteiger partial charge in [0.15, 0.2) is 5.82 Å². The van der Waals surface area contributed by atoms with Crippen molar-refractivity contribution in [1.82, 2.24) is 30.7 Å². The van der Waals surface area contributed by atoms with E-state index >= 15 is 0 Å². The molecule has 28 heavy (non-hydrogen) atoms. The van der Waals surface area contributed by atoms with Crippen molar-refractivity contribution in [1.29, 1.82) is 0 Å². The van der Waals surface area contributed by atoms with Gasteiger partial charge < -0.3 is 15.2 Å². The van der Waals surface area contributed by atoms with E-state index in [0.29, 0.717) is 35.1 Å². The third-order valence-electron chi connectivity index (χ3n) is 6.00. The van der Waals surface area contributed by atoms with Crippen LogP contribution < -0.4 is 15.8 Å². The van der Waals surface area contributed by atoms with Crippen LogP contribution in [-0.4, -0.2) is 50.6 Å². The molecule has 0 amide bonds. The van der Waals surface area contributed by atoms with Gasteiger partial charge in [-0.05, 0) is 49.9 Å². The molecule has 3 N–H and O–H groups in total. The number of nitrogens with one attached hydrogen (secondary N) is 3. The Kier molecular flexibility index (Phi) is 4.20. The van der Waals surface area contributed by atoms with Gasteiger partial charge in [0, 0.05) is 36.9 Å². The first kappa shape index (κ1) is 17.1. The van der Waals surface area contributed by atoms with Crippen molar-refractivity contribution in [2.24, 2.45) is 0 Å². The number of piperidine rings is 1. The molecule has 2 saturated heterocycles. The largest absolute Gasteiger partial charge is 0.355 e. The summed E-state index contributed by atoms with van der Waals surface area (Å²) in [5.74, 6) is 0.868. The third kappa shape index (κ3) is 3.09. The van der Waals surface area contributed by atoms with Crippen LogP contribution in [-0.2, 0) is 0 Å². The Hall–Kier alpha value is -3.00. The first-order valence-corrected chi connectivity index (χ1v) is 9.73. The summed E-state index contributed by atoms with van der Waals surface area (Å²) in [4.78, 5) is 17.5. The van der Waals surface area contributed by atoms with Crippen LogP contribution in [0.15, 0.2) is 41.5 Å². The lowest BCUT2D eigenvalue weighted by Gasteiger charge is -2.36. The molecule has 3 aromatic rings. The van der Waals surface area contributed by atoms with Gasteiger partial charge in [0.25, 0.3) is 5.56 Å². The number of H-pyrrole nitrogens is 2. The van der Waals surface area contributed by atoms with E-state index < -0.39 is 0 Å². The van der Waals surface area contributed by atoms with Gasteiger partial charge in [0.2, 0.25) is 0 Å². The summed E-state index contributed by atoms with van der Waals surface area (Å²) < 4.78 is 0. The smallest absolute Gasteiger partial charge is 0.256 e. The first-order valence-electron chi connectivity index (χ1n) is 9.73. The van der Waals surface area contributed by atoms with E-state index in [1.807, 2.05) is 18.2 Å². The molecule has 0 spiro atoms. The van der Waals surface area contributed by atoms with E-state index in [1.165, 1.54) is 12.8 Å². The van der Waals surface area contributed by atoms with Crippen molar-refractivity contribution in [3.63, 3.8) is 0 Å². The number of rotatable bonds is 4. The van der Waals surface area contributed by atoms with Crippen LogP contribution in [0, 0.1) is 0 Å². The van der Waals surface area contributed by atoms with E-state index in [1.54, 1.807) is 18.5 Å². The van der Waals surface area contributed by atoms with Gasteiger partial charge in [-0.2, -0.15) is 5.10 Å². The number of hydrogen-bond donors (Lipinski definition) is 3. The monoisotopic (exact) mass is 377 g/mol. The Morgan fingerprint density at radius 1 is 1.07 bits per heavy atom. The number of nitrogens with zero attached hydrogens (tertiary/aromatic N) is 4. The van der Waals surface area contributed by atoms with E-state index in [9.17, 15) is 4.79 Å². The molecule has 5 rings (SSSR count). The molecule has 2 aliphatic rings. The van der Waals surface area contributed by atoms with Crippen LogP contribution in [0.25, 0.3) is 22.5 Å². The summed E-state index contributed by atoms with van der Waals surface area (Å²) >= 11 is 0. The van der Waals surface area contributed by atoms with E-state index in [-0.39, 0.29) is 5.56 Å². The molecule has 0 aromatic carbocycles. The second-order valence-electron chi connectivity index (χ2n) is 7.75. The summed E-state index contributed by atoms with van der Waals surface area (Å²) in [6, 6.07) is 9.29. The molecule has 8 heteroatoms. The minimum atomic E-state index is -0.174. The third-order valence-corrected chi connectivity index (χ3v) is 6.00. The van der Waals surface area contributed by atoms with Gasteiger partial charge in [-0.1, -0.05) is 0 Å². The molecule has 2 aliphatic heterocycles. The zero-order valence-corrected chi connectivity index (χ0v) is 15.7. The molecule has 8 nitrogen and oxygen atoms in total. The quantitative estimate of drug-likeness (QED) is 0.642. The van der Waals surface area contributed by atoms with E-state index in [4.69, 9.17) is 0 Å². The van der Waals surface area contributed by atoms with Crippen molar-refractivity contribution >= 4 is 5.82 Å². The standard InChI is InChI=1S/C20H23N7O/c1-27(15-8-13-2-3-14(9-15)23-13)19-7-6-18(25-26-19)17-5-4-16(20(28)24-17)12-10-21-22-11-12/h4-7,10-11,13-15,23H,2-3,8-9H2,1H3,(H,21,22)(H,24,28)/t13-,14+,15-. The molecule has 0 saturated carbocycles. The summed E-state index contributed by atoms with van der Waals surface area (Å²) in [7, 11) is 2.10. The molecule has 0 radical (unpaired) electrons. The number of aromatic amines is 2. The van der Waals surface area contributed by atoms with Gasteiger partial charge >= 0.3 is 0 Å². The van der Waals surface area contributed by atoms with Crippen LogP contribution in [0.2, 0.25) is 0 Å². The average molecular weight is 377 g/mol. The van der Waals surface area contributed by atoms with Gasteiger partial charge in [0.05, 0.1) is 17.5 Å². The SMILES string of the molecule is CN(c1ccc(-c2ccc(-c3cn[nH]c3)c(=O)[nH]2)nn1)[C@@H]1C[C@H]2CC[C@@H](C1)N2. The predicted molar refractivity (Wildman–Crippen MR) is 107 cm³/mol. The highest BCUT2D eigenvalue weighted by atomic mass is 16.1. The topological polar surface area (TPSA) is 103 Å². The molecule has 5 heterocycles. The van der Waals surface area contributed by atoms with Crippen LogP contribution in [0.4, 0.5) is 5.82 Å². The maximum atomic E-state index is 12.4. The lowest BCUT2D eigenvalue weighted by Crippen LogP contribution is -2.47. The summed E-state index contributed by atoms with van der Waals surface area (Å²) in [6.45, 7) is 0. The Balaban J connectivity index is 1.35. The lowest BCUT2D eigenvalue weighted by molar-refractivity contribution is 0.353.